The standard InChI is InChI=1S/C20H19ClFN3O3S/c21-17-3-1-2-4-19(17)29(26,27)25-11-9-24(10-12-25)14-20-23-13-18(28-20)15-5-7-16(22)8-6-15/h1-8,13H,9-12,14H2. The maximum atomic E-state index is 13.1. The van der Waals surface area contributed by atoms with E-state index in [1.165, 1.54) is 22.5 Å². The zero-order chi connectivity index (χ0) is 20.4. The Hall–Kier alpha value is -2.26. The molecule has 0 saturated carbocycles. The van der Waals surface area contributed by atoms with Crippen molar-refractivity contribution in [2.45, 2.75) is 11.4 Å². The van der Waals surface area contributed by atoms with Gasteiger partial charge in [0.2, 0.25) is 15.9 Å². The molecule has 0 unspecified atom stereocenters. The second-order valence-corrected chi connectivity index (χ2v) is 9.05. The SMILES string of the molecule is O=S(=O)(c1ccccc1Cl)N1CCN(Cc2ncc(-c3ccc(F)cc3)o2)CC1. The van der Waals surface area contributed by atoms with Gasteiger partial charge < -0.3 is 4.42 Å². The molecule has 1 saturated heterocycles. The van der Waals surface area contributed by atoms with Gasteiger partial charge >= 0.3 is 0 Å². The highest BCUT2D eigenvalue weighted by Gasteiger charge is 2.30. The fourth-order valence-corrected chi connectivity index (χ4v) is 5.16. The summed E-state index contributed by atoms with van der Waals surface area (Å²) in [5.41, 5.74) is 0.751. The summed E-state index contributed by atoms with van der Waals surface area (Å²) in [7, 11) is -3.62. The first-order chi connectivity index (χ1) is 13.9. The van der Waals surface area contributed by atoms with E-state index in [2.05, 4.69) is 9.88 Å². The summed E-state index contributed by atoms with van der Waals surface area (Å²) in [5, 5.41) is 0.225. The van der Waals surface area contributed by atoms with Gasteiger partial charge in [0.1, 0.15) is 10.7 Å². The maximum absolute atomic E-state index is 13.1. The lowest BCUT2D eigenvalue weighted by atomic mass is 10.2. The van der Waals surface area contributed by atoms with Crippen LogP contribution in [0.4, 0.5) is 4.39 Å². The van der Waals surface area contributed by atoms with E-state index in [4.69, 9.17) is 16.0 Å². The van der Waals surface area contributed by atoms with Gasteiger partial charge in [0, 0.05) is 31.7 Å². The lowest BCUT2D eigenvalue weighted by Gasteiger charge is -2.33. The molecule has 1 aliphatic heterocycles. The van der Waals surface area contributed by atoms with Crippen LogP contribution >= 0.6 is 11.6 Å². The minimum Gasteiger partial charge on any atom is -0.439 e. The molecule has 0 N–H and O–H groups in total. The van der Waals surface area contributed by atoms with Crippen LogP contribution in [0.1, 0.15) is 5.89 Å². The molecule has 1 aliphatic rings. The summed E-state index contributed by atoms with van der Waals surface area (Å²) in [6, 6.07) is 12.5. The number of sulfonamides is 1. The number of benzene rings is 2. The monoisotopic (exact) mass is 435 g/mol. The largest absolute Gasteiger partial charge is 0.439 e. The summed E-state index contributed by atoms with van der Waals surface area (Å²) in [6.07, 6.45) is 1.61. The van der Waals surface area contributed by atoms with Crippen LogP contribution in [0.5, 0.6) is 0 Å². The number of piperazine rings is 1. The summed E-state index contributed by atoms with van der Waals surface area (Å²) in [4.78, 5) is 6.50. The van der Waals surface area contributed by atoms with Gasteiger partial charge in [-0.2, -0.15) is 4.31 Å². The van der Waals surface area contributed by atoms with Crippen LogP contribution in [-0.2, 0) is 16.6 Å². The average Bonchev–Trinajstić information content (AvgIpc) is 3.17. The lowest BCUT2D eigenvalue weighted by molar-refractivity contribution is 0.169. The van der Waals surface area contributed by atoms with Crippen LogP contribution in [0, 0.1) is 5.82 Å². The first-order valence-corrected chi connectivity index (χ1v) is 10.9. The predicted octanol–water partition coefficient (Wildman–Crippen LogP) is 3.64. The zero-order valence-electron chi connectivity index (χ0n) is 15.5. The van der Waals surface area contributed by atoms with Crippen molar-refractivity contribution in [3.8, 4) is 11.3 Å². The van der Waals surface area contributed by atoms with Gasteiger partial charge in [-0.05, 0) is 36.4 Å². The van der Waals surface area contributed by atoms with Crippen molar-refractivity contribution in [1.29, 1.82) is 0 Å². The fourth-order valence-electron chi connectivity index (χ4n) is 3.24. The molecule has 0 radical (unpaired) electrons. The van der Waals surface area contributed by atoms with Gasteiger partial charge in [-0.25, -0.2) is 17.8 Å². The Kier molecular flexibility index (Phi) is 5.69. The van der Waals surface area contributed by atoms with Crippen LogP contribution in [0.25, 0.3) is 11.3 Å². The molecular weight excluding hydrogens is 417 g/mol. The second kappa shape index (κ2) is 8.23. The highest BCUT2D eigenvalue weighted by molar-refractivity contribution is 7.89. The smallest absolute Gasteiger partial charge is 0.244 e. The minimum atomic E-state index is -3.62. The minimum absolute atomic E-state index is 0.131. The summed E-state index contributed by atoms with van der Waals surface area (Å²) in [6.45, 7) is 2.30. The number of hydrogen-bond donors (Lipinski definition) is 0. The normalized spacial score (nSPS) is 16.2. The van der Waals surface area contributed by atoms with Crippen molar-refractivity contribution < 1.29 is 17.2 Å². The van der Waals surface area contributed by atoms with Crippen molar-refractivity contribution in [2.24, 2.45) is 0 Å². The quantitative estimate of drug-likeness (QED) is 0.612. The molecule has 2 aromatic carbocycles. The number of hydrogen-bond acceptors (Lipinski definition) is 5. The molecule has 4 rings (SSSR count). The number of oxazole rings is 1. The molecule has 1 fully saturated rings. The van der Waals surface area contributed by atoms with Gasteiger partial charge in [0.15, 0.2) is 5.76 Å². The van der Waals surface area contributed by atoms with E-state index >= 15 is 0 Å². The third kappa shape index (κ3) is 4.35. The van der Waals surface area contributed by atoms with Crippen molar-refractivity contribution in [2.75, 3.05) is 26.2 Å². The topological polar surface area (TPSA) is 66.7 Å². The number of rotatable bonds is 5. The van der Waals surface area contributed by atoms with Crippen molar-refractivity contribution in [3.05, 3.63) is 71.5 Å². The zero-order valence-corrected chi connectivity index (χ0v) is 17.0. The number of halogens is 2. The molecule has 152 valence electrons. The first kappa shape index (κ1) is 20.0. The predicted molar refractivity (Wildman–Crippen MR) is 107 cm³/mol. The van der Waals surface area contributed by atoms with E-state index in [-0.39, 0.29) is 15.7 Å². The Bertz CT molecular complexity index is 1090. The third-order valence-electron chi connectivity index (χ3n) is 4.83. The molecule has 2 heterocycles. The number of nitrogens with zero attached hydrogens (tertiary/aromatic N) is 3. The second-order valence-electron chi connectivity index (χ2n) is 6.74. The third-order valence-corrected chi connectivity index (χ3v) is 7.23. The highest BCUT2D eigenvalue weighted by atomic mass is 35.5. The lowest BCUT2D eigenvalue weighted by Crippen LogP contribution is -2.48. The number of aromatic nitrogens is 1. The molecule has 0 atom stereocenters. The summed E-state index contributed by atoms with van der Waals surface area (Å²) < 4.78 is 45.9. The summed E-state index contributed by atoms with van der Waals surface area (Å²) >= 11 is 6.07. The van der Waals surface area contributed by atoms with Crippen LogP contribution in [0.3, 0.4) is 0 Å². The highest BCUT2D eigenvalue weighted by Crippen LogP contribution is 2.26. The average molecular weight is 436 g/mol. The molecule has 9 heteroatoms. The van der Waals surface area contributed by atoms with E-state index in [0.717, 1.165) is 5.56 Å². The molecule has 3 aromatic rings. The Morgan fingerprint density at radius 3 is 2.41 bits per heavy atom. The van der Waals surface area contributed by atoms with E-state index in [9.17, 15) is 12.8 Å². The fraction of sp³-hybridized carbons (Fsp3) is 0.250. The Morgan fingerprint density at radius 1 is 1.03 bits per heavy atom. The van der Waals surface area contributed by atoms with Crippen LogP contribution in [0.15, 0.2) is 64.0 Å². The van der Waals surface area contributed by atoms with Crippen molar-refractivity contribution >= 4 is 21.6 Å². The molecular formula is C20H19ClFN3O3S. The van der Waals surface area contributed by atoms with E-state index < -0.39 is 10.0 Å². The molecule has 0 amide bonds. The van der Waals surface area contributed by atoms with Crippen molar-refractivity contribution in [3.63, 3.8) is 0 Å². The molecule has 0 aliphatic carbocycles. The van der Waals surface area contributed by atoms with E-state index in [0.29, 0.717) is 44.4 Å². The van der Waals surface area contributed by atoms with Gasteiger partial charge in [-0.1, -0.05) is 23.7 Å². The first-order valence-electron chi connectivity index (χ1n) is 9.11. The van der Waals surface area contributed by atoms with E-state index in [1.807, 2.05) is 0 Å². The maximum Gasteiger partial charge on any atom is 0.244 e. The van der Waals surface area contributed by atoms with Gasteiger partial charge in [-0.3, -0.25) is 4.90 Å². The molecule has 29 heavy (non-hydrogen) atoms. The van der Waals surface area contributed by atoms with E-state index in [1.54, 1.807) is 36.5 Å². The Morgan fingerprint density at radius 2 is 1.72 bits per heavy atom. The Balaban J connectivity index is 1.38. The van der Waals surface area contributed by atoms with Gasteiger partial charge in [0.25, 0.3) is 0 Å². The van der Waals surface area contributed by atoms with Gasteiger partial charge in [0.05, 0.1) is 17.8 Å². The van der Waals surface area contributed by atoms with Crippen molar-refractivity contribution in [1.82, 2.24) is 14.2 Å². The van der Waals surface area contributed by atoms with Crippen LogP contribution in [0.2, 0.25) is 5.02 Å². The summed E-state index contributed by atoms with van der Waals surface area (Å²) in [5.74, 6) is 0.796. The molecule has 0 bridgehead atoms. The molecule has 6 nitrogen and oxygen atoms in total. The van der Waals surface area contributed by atoms with Gasteiger partial charge in [-0.15, -0.1) is 0 Å². The van der Waals surface area contributed by atoms with Crippen LogP contribution in [-0.4, -0.2) is 48.8 Å². The van der Waals surface area contributed by atoms with Crippen LogP contribution < -0.4 is 0 Å². The molecule has 0 spiro atoms. The Labute approximate surface area is 173 Å². The molecule has 1 aromatic heterocycles.